The number of ether oxygens (including phenoxy) is 1. The number of hydrogen-bond donors (Lipinski definition) is 1. The summed E-state index contributed by atoms with van der Waals surface area (Å²) in [6.45, 7) is 7.33. The number of likely N-dealkylation sites (tertiary alicyclic amines) is 1. The fourth-order valence-corrected chi connectivity index (χ4v) is 3.95. The molecule has 0 spiro atoms. The second-order valence-electron chi connectivity index (χ2n) is 7.85. The molecule has 0 aromatic heterocycles. The van der Waals surface area contributed by atoms with Crippen molar-refractivity contribution in [2.45, 2.75) is 63.9 Å². The summed E-state index contributed by atoms with van der Waals surface area (Å²) in [5.41, 5.74) is 0.743. The Hall–Kier alpha value is -1.59. The van der Waals surface area contributed by atoms with Crippen molar-refractivity contribution in [3.8, 4) is 0 Å². The quantitative estimate of drug-likeness (QED) is 0.924. The van der Waals surface area contributed by atoms with Crippen LogP contribution >= 0.6 is 0 Å². The maximum atomic E-state index is 12.6. The first-order valence-electron chi connectivity index (χ1n) is 8.79. The van der Waals surface area contributed by atoms with E-state index in [-0.39, 0.29) is 30.8 Å². The summed E-state index contributed by atoms with van der Waals surface area (Å²) >= 11 is 0. The number of piperazine rings is 1. The third kappa shape index (κ3) is 3.57. The Labute approximate surface area is 144 Å². The van der Waals surface area contributed by atoms with Crippen molar-refractivity contribution in [2.24, 2.45) is 0 Å². The Bertz CT molecular complexity index is 570. The number of rotatable bonds is 3. The minimum absolute atomic E-state index is 0.0310. The highest BCUT2D eigenvalue weighted by molar-refractivity contribution is 5.70. The van der Waals surface area contributed by atoms with E-state index in [1.807, 2.05) is 43.9 Å². The topological polar surface area (TPSA) is 53.0 Å². The molecular weight excluding hydrogens is 304 g/mol. The van der Waals surface area contributed by atoms with E-state index in [1.165, 1.54) is 5.56 Å². The van der Waals surface area contributed by atoms with Crippen molar-refractivity contribution in [1.29, 1.82) is 0 Å². The molecule has 5 nitrogen and oxygen atoms in total. The zero-order chi connectivity index (χ0) is 17.3. The summed E-state index contributed by atoms with van der Waals surface area (Å²) in [5.74, 6) is 0. The van der Waals surface area contributed by atoms with Crippen LogP contribution in [0.25, 0.3) is 0 Å². The predicted octanol–water partition coefficient (Wildman–Crippen LogP) is 2.63. The zero-order valence-corrected chi connectivity index (χ0v) is 14.8. The summed E-state index contributed by atoms with van der Waals surface area (Å²) in [6.07, 6.45) is 1.67. The molecule has 2 heterocycles. The number of aliphatic hydroxyl groups is 1. The van der Waals surface area contributed by atoms with Gasteiger partial charge >= 0.3 is 6.09 Å². The van der Waals surface area contributed by atoms with Crippen molar-refractivity contribution in [3.05, 3.63) is 35.9 Å². The van der Waals surface area contributed by atoms with Gasteiger partial charge in [-0.15, -0.1) is 0 Å². The number of nitrogens with zero attached hydrogens (tertiary/aromatic N) is 2. The number of carbonyl (C=O) groups is 1. The number of carbonyl (C=O) groups excluding carboxylic acids is 1. The second kappa shape index (κ2) is 6.73. The number of hydrogen-bond acceptors (Lipinski definition) is 4. The number of aliphatic hydroxyl groups excluding tert-OH is 1. The van der Waals surface area contributed by atoms with Gasteiger partial charge in [0.15, 0.2) is 0 Å². The lowest BCUT2D eigenvalue weighted by atomic mass is 10.0. The molecule has 2 aliphatic rings. The highest BCUT2D eigenvalue weighted by atomic mass is 16.6. The van der Waals surface area contributed by atoms with Gasteiger partial charge in [-0.3, -0.25) is 9.80 Å². The summed E-state index contributed by atoms with van der Waals surface area (Å²) in [7, 11) is 0. The van der Waals surface area contributed by atoms with Crippen LogP contribution in [-0.2, 0) is 11.3 Å². The van der Waals surface area contributed by atoms with Crippen LogP contribution in [0.3, 0.4) is 0 Å². The minimum atomic E-state index is -0.494. The van der Waals surface area contributed by atoms with Gasteiger partial charge in [0.1, 0.15) is 5.60 Å². The van der Waals surface area contributed by atoms with Crippen molar-refractivity contribution >= 4 is 6.09 Å². The zero-order valence-electron chi connectivity index (χ0n) is 14.8. The van der Waals surface area contributed by atoms with E-state index < -0.39 is 5.60 Å². The van der Waals surface area contributed by atoms with Gasteiger partial charge in [0.2, 0.25) is 0 Å². The van der Waals surface area contributed by atoms with Gasteiger partial charge < -0.3 is 9.84 Å². The van der Waals surface area contributed by atoms with Gasteiger partial charge in [-0.25, -0.2) is 4.79 Å². The molecule has 1 N–H and O–H groups in total. The molecular formula is C19H28N2O3. The first kappa shape index (κ1) is 17.2. The van der Waals surface area contributed by atoms with Gasteiger partial charge in [-0.2, -0.15) is 0 Å². The summed E-state index contributed by atoms with van der Waals surface area (Å²) < 4.78 is 5.59. The molecule has 5 heteroatoms. The molecule has 0 saturated carbocycles. The Balaban J connectivity index is 1.75. The van der Waals surface area contributed by atoms with Crippen molar-refractivity contribution in [1.82, 2.24) is 9.80 Å². The molecule has 0 aliphatic carbocycles. The van der Waals surface area contributed by atoms with E-state index in [0.29, 0.717) is 0 Å². The third-order valence-electron chi connectivity index (χ3n) is 4.92. The van der Waals surface area contributed by atoms with E-state index in [0.717, 1.165) is 25.9 Å². The average Bonchev–Trinajstić information content (AvgIpc) is 2.83. The van der Waals surface area contributed by atoms with Crippen molar-refractivity contribution in [2.75, 3.05) is 13.2 Å². The molecule has 1 aromatic carbocycles. The Morgan fingerprint density at radius 3 is 2.58 bits per heavy atom. The number of fused-ring (bicyclic) bond motifs is 2. The van der Waals surface area contributed by atoms with Gasteiger partial charge in [-0.1, -0.05) is 30.3 Å². The van der Waals surface area contributed by atoms with E-state index in [2.05, 4.69) is 17.0 Å². The average molecular weight is 332 g/mol. The van der Waals surface area contributed by atoms with Crippen molar-refractivity contribution < 1.29 is 14.6 Å². The SMILES string of the molecule is CC(C)(C)OC(=O)N1[C@@H]2CC[C@H]1[C@@H](CO)N(Cc1ccccc1)C2. The Kier molecular flexibility index (Phi) is 4.83. The standard InChI is InChI=1S/C19H28N2O3/c1-19(2,3)24-18(23)21-15-9-10-16(21)17(13-22)20(12-15)11-14-7-5-4-6-8-14/h4-8,15-17,22H,9-13H2,1-3H3/t15-,16+,17-/m1/s1. The maximum Gasteiger partial charge on any atom is 0.410 e. The smallest absolute Gasteiger partial charge is 0.410 e. The molecule has 0 radical (unpaired) electrons. The molecule has 0 unspecified atom stereocenters. The number of amides is 1. The lowest BCUT2D eigenvalue weighted by molar-refractivity contribution is -0.0353. The summed E-state index contributed by atoms with van der Waals surface area (Å²) in [6, 6.07) is 10.5. The van der Waals surface area contributed by atoms with E-state index in [9.17, 15) is 9.90 Å². The second-order valence-corrected chi connectivity index (χ2v) is 7.85. The Morgan fingerprint density at radius 1 is 1.25 bits per heavy atom. The molecule has 1 aromatic rings. The Morgan fingerprint density at radius 2 is 1.96 bits per heavy atom. The van der Waals surface area contributed by atoms with E-state index in [4.69, 9.17) is 4.74 Å². The molecule has 132 valence electrons. The van der Waals surface area contributed by atoms with Gasteiger partial charge in [0.25, 0.3) is 0 Å². The van der Waals surface area contributed by atoms with Gasteiger partial charge in [-0.05, 0) is 39.2 Å². The van der Waals surface area contributed by atoms with Gasteiger partial charge in [0, 0.05) is 19.1 Å². The fraction of sp³-hybridized carbons (Fsp3) is 0.632. The molecule has 2 bridgehead atoms. The first-order chi connectivity index (χ1) is 11.4. The van der Waals surface area contributed by atoms with Crippen LogP contribution in [0, 0.1) is 0 Å². The van der Waals surface area contributed by atoms with E-state index in [1.54, 1.807) is 0 Å². The lowest BCUT2D eigenvalue weighted by Crippen LogP contribution is -2.62. The molecule has 2 saturated heterocycles. The molecule has 3 rings (SSSR count). The minimum Gasteiger partial charge on any atom is -0.444 e. The van der Waals surface area contributed by atoms with Crippen LogP contribution in [0.5, 0.6) is 0 Å². The third-order valence-corrected chi connectivity index (χ3v) is 4.92. The molecule has 2 aliphatic heterocycles. The van der Waals surface area contributed by atoms with Crippen LogP contribution in [0.2, 0.25) is 0 Å². The highest BCUT2D eigenvalue weighted by Crippen LogP contribution is 2.36. The van der Waals surface area contributed by atoms with E-state index >= 15 is 0 Å². The lowest BCUT2D eigenvalue weighted by Gasteiger charge is -2.46. The normalized spacial score (nSPS) is 27.3. The summed E-state index contributed by atoms with van der Waals surface area (Å²) in [4.78, 5) is 16.8. The van der Waals surface area contributed by atoms with Crippen LogP contribution in [-0.4, -0.2) is 57.9 Å². The fourth-order valence-electron chi connectivity index (χ4n) is 3.95. The van der Waals surface area contributed by atoms with Gasteiger partial charge in [0.05, 0.1) is 18.7 Å². The van der Waals surface area contributed by atoms with Crippen LogP contribution in [0.15, 0.2) is 30.3 Å². The van der Waals surface area contributed by atoms with Crippen LogP contribution in [0.1, 0.15) is 39.2 Å². The monoisotopic (exact) mass is 332 g/mol. The van der Waals surface area contributed by atoms with Crippen LogP contribution in [0.4, 0.5) is 4.79 Å². The highest BCUT2D eigenvalue weighted by Gasteiger charge is 2.49. The van der Waals surface area contributed by atoms with Crippen LogP contribution < -0.4 is 0 Å². The van der Waals surface area contributed by atoms with Crippen molar-refractivity contribution in [3.63, 3.8) is 0 Å². The largest absolute Gasteiger partial charge is 0.444 e. The maximum absolute atomic E-state index is 12.6. The predicted molar refractivity (Wildman–Crippen MR) is 92.6 cm³/mol. The molecule has 1 amide bonds. The molecule has 24 heavy (non-hydrogen) atoms. The number of benzene rings is 1. The first-order valence-corrected chi connectivity index (χ1v) is 8.79. The molecule has 2 fully saturated rings. The summed E-state index contributed by atoms with van der Waals surface area (Å²) in [5, 5.41) is 9.97. The molecule has 3 atom stereocenters.